The Kier molecular flexibility index (Phi) is 5.37. The number of fused-ring (bicyclic) bond motifs is 1. The number of nitrogens with zero attached hydrogens (tertiary/aromatic N) is 4. The van der Waals surface area contributed by atoms with E-state index in [0.29, 0.717) is 16.8 Å². The normalized spacial score (nSPS) is 19.7. The smallest absolute Gasteiger partial charge is 0.281 e. The second kappa shape index (κ2) is 8.30. The summed E-state index contributed by atoms with van der Waals surface area (Å²) in [6.07, 6.45) is 9.20. The van der Waals surface area contributed by atoms with Crippen LogP contribution in [0.3, 0.4) is 0 Å². The van der Waals surface area contributed by atoms with Gasteiger partial charge < -0.3 is 4.90 Å². The molecule has 3 aromatic rings. The van der Waals surface area contributed by atoms with E-state index in [-0.39, 0.29) is 23.4 Å². The summed E-state index contributed by atoms with van der Waals surface area (Å²) >= 11 is 1.43. The lowest BCUT2D eigenvalue weighted by molar-refractivity contribution is -0.120. The van der Waals surface area contributed by atoms with Gasteiger partial charge in [-0.2, -0.15) is 0 Å². The maximum absolute atomic E-state index is 13.0. The highest BCUT2D eigenvalue weighted by Gasteiger charge is 2.33. The summed E-state index contributed by atoms with van der Waals surface area (Å²) < 4.78 is 1.77. The van der Waals surface area contributed by atoms with Crippen LogP contribution in [0.2, 0.25) is 0 Å². The zero-order chi connectivity index (χ0) is 20.5. The molecule has 0 N–H and O–H groups in total. The van der Waals surface area contributed by atoms with Crippen molar-refractivity contribution in [1.82, 2.24) is 14.5 Å². The second-order valence-electron chi connectivity index (χ2n) is 8.35. The van der Waals surface area contributed by atoms with Crippen molar-refractivity contribution in [2.24, 2.45) is 0 Å². The number of anilines is 1. The Labute approximate surface area is 179 Å². The molecule has 0 unspecified atom stereocenters. The maximum atomic E-state index is 13.0. The van der Waals surface area contributed by atoms with Crippen LogP contribution in [0, 0.1) is 0 Å². The lowest BCUT2D eigenvalue weighted by atomic mass is 10.0. The highest BCUT2D eigenvalue weighted by atomic mass is 32.1. The number of aromatic nitrogens is 3. The van der Waals surface area contributed by atoms with Gasteiger partial charge in [0, 0.05) is 19.0 Å². The number of rotatable bonds is 6. The van der Waals surface area contributed by atoms with Gasteiger partial charge in [0.2, 0.25) is 0 Å². The van der Waals surface area contributed by atoms with Gasteiger partial charge in [0.1, 0.15) is 0 Å². The van der Waals surface area contributed by atoms with Crippen molar-refractivity contribution in [2.45, 2.75) is 63.5 Å². The standard InChI is InChI=1S/C23H26N4O2S/c28-19(13-12-16-7-2-1-3-8-16)18-11-6-14-26(18)23-25-20-21(30-23)24-15-27(22(20)29)17-9-4-5-10-17/h1-3,7-8,15,17-18H,4-6,9-14H2/t18-/m1/s1. The number of hydrogen-bond acceptors (Lipinski definition) is 6. The first-order chi connectivity index (χ1) is 14.7. The van der Waals surface area contributed by atoms with Gasteiger partial charge in [-0.1, -0.05) is 54.5 Å². The topological polar surface area (TPSA) is 68.1 Å². The SMILES string of the molecule is O=C(CCc1ccccc1)[C@H]1CCCN1c1nc2c(=O)n(C3CCCC3)cnc2s1. The molecule has 0 radical (unpaired) electrons. The summed E-state index contributed by atoms with van der Waals surface area (Å²) in [4.78, 5) is 37.9. The molecular formula is C23H26N4O2S. The van der Waals surface area contributed by atoms with E-state index in [4.69, 9.17) is 0 Å². The Morgan fingerprint density at radius 2 is 1.90 bits per heavy atom. The van der Waals surface area contributed by atoms with E-state index in [1.165, 1.54) is 16.9 Å². The van der Waals surface area contributed by atoms with E-state index < -0.39 is 0 Å². The molecule has 1 saturated heterocycles. The molecule has 3 heterocycles. The average molecular weight is 423 g/mol. The molecule has 6 nitrogen and oxygen atoms in total. The zero-order valence-corrected chi connectivity index (χ0v) is 17.8. The number of carbonyl (C=O) groups excluding carboxylic acids is 1. The van der Waals surface area contributed by atoms with Crippen LogP contribution in [0.5, 0.6) is 0 Å². The Morgan fingerprint density at radius 1 is 1.10 bits per heavy atom. The molecule has 0 bridgehead atoms. The van der Waals surface area contributed by atoms with Gasteiger partial charge in [-0.05, 0) is 37.7 Å². The molecule has 30 heavy (non-hydrogen) atoms. The molecule has 0 spiro atoms. The fourth-order valence-electron chi connectivity index (χ4n) is 4.79. The molecule has 1 atom stereocenters. The number of Topliss-reactive ketones (excluding diaryl/α,β-unsaturated/α-hetero) is 1. The molecule has 156 valence electrons. The van der Waals surface area contributed by atoms with Gasteiger partial charge in [0.05, 0.1) is 12.4 Å². The van der Waals surface area contributed by atoms with Crippen LogP contribution in [0.4, 0.5) is 5.13 Å². The van der Waals surface area contributed by atoms with Crippen LogP contribution in [-0.2, 0) is 11.2 Å². The number of thiazole rings is 1. The minimum absolute atomic E-state index is 0.0412. The van der Waals surface area contributed by atoms with Gasteiger partial charge in [-0.25, -0.2) is 9.97 Å². The van der Waals surface area contributed by atoms with E-state index in [0.717, 1.165) is 56.6 Å². The van der Waals surface area contributed by atoms with E-state index in [9.17, 15) is 9.59 Å². The molecule has 2 aromatic heterocycles. The number of aryl methyl sites for hydroxylation is 1. The Morgan fingerprint density at radius 3 is 2.70 bits per heavy atom. The fraction of sp³-hybridized carbons (Fsp3) is 0.478. The third-order valence-electron chi connectivity index (χ3n) is 6.43. The first-order valence-electron chi connectivity index (χ1n) is 10.9. The van der Waals surface area contributed by atoms with E-state index in [2.05, 4.69) is 27.0 Å². The lowest BCUT2D eigenvalue weighted by Crippen LogP contribution is -2.36. The van der Waals surface area contributed by atoms with Crippen molar-refractivity contribution in [3.05, 3.63) is 52.6 Å². The zero-order valence-electron chi connectivity index (χ0n) is 17.0. The minimum Gasteiger partial charge on any atom is -0.338 e. The maximum Gasteiger partial charge on any atom is 0.281 e. The van der Waals surface area contributed by atoms with E-state index in [1.807, 2.05) is 18.2 Å². The molecule has 1 aliphatic heterocycles. The van der Waals surface area contributed by atoms with Gasteiger partial charge >= 0.3 is 0 Å². The summed E-state index contributed by atoms with van der Waals surface area (Å²) in [5.41, 5.74) is 1.60. The summed E-state index contributed by atoms with van der Waals surface area (Å²) in [5, 5.41) is 0.759. The van der Waals surface area contributed by atoms with E-state index >= 15 is 0 Å². The lowest BCUT2D eigenvalue weighted by Gasteiger charge is -2.22. The molecule has 2 aliphatic rings. The molecule has 2 fully saturated rings. The molecule has 1 saturated carbocycles. The number of hydrogen-bond donors (Lipinski definition) is 0. The first-order valence-corrected chi connectivity index (χ1v) is 11.7. The fourth-order valence-corrected chi connectivity index (χ4v) is 5.77. The predicted molar refractivity (Wildman–Crippen MR) is 119 cm³/mol. The molecule has 1 aliphatic carbocycles. The van der Waals surface area contributed by atoms with Crippen LogP contribution in [0.25, 0.3) is 10.3 Å². The third kappa shape index (κ3) is 3.67. The summed E-state index contributed by atoms with van der Waals surface area (Å²) in [6.45, 7) is 0.804. The average Bonchev–Trinajstić information content (AvgIpc) is 3.53. The summed E-state index contributed by atoms with van der Waals surface area (Å²) in [5.74, 6) is 0.256. The molecule has 1 aromatic carbocycles. The minimum atomic E-state index is -0.147. The molecule has 5 rings (SSSR count). The number of ketones is 1. The number of benzene rings is 1. The van der Waals surface area contributed by atoms with Crippen LogP contribution in [0.15, 0.2) is 41.5 Å². The van der Waals surface area contributed by atoms with Crippen LogP contribution in [-0.4, -0.2) is 32.9 Å². The summed E-state index contributed by atoms with van der Waals surface area (Å²) in [7, 11) is 0. The Bertz CT molecular complexity index is 1100. The van der Waals surface area contributed by atoms with Crippen molar-refractivity contribution in [2.75, 3.05) is 11.4 Å². The molecule has 0 amide bonds. The van der Waals surface area contributed by atoms with Gasteiger partial charge in [-0.3, -0.25) is 14.2 Å². The Balaban J connectivity index is 1.36. The largest absolute Gasteiger partial charge is 0.338 e. The highest BCUT2D eigenvalue weighted by Crippen LogP contribution is 2.33. The van der Waals surface area contributed by atoms with Crippen molar-refractivity contribution in [3.63, 3.8) is 0 Å². The first kappa shape index (κ1) is 19.4. The van der Waals surface area contributed by atoms with Crippen molar-refractivity contribution in [3.8, 4) is 0 Å². The van der Waals surface area contributed by atoms with Crippen molar-refractivity contribution in [1.29, 1.82) is 0 Å². The highest BCUT2D eigenvalue weighted by molar-refractivity contribution is 7.21. The molecule has 7 heteroatoms. The second-order valence-corrected chi connectivity index (χ2v) is 9.30. The quantitative estimate of drug-likeness (QED) is 0.597. The monoisotopic (exact) mass is 422 g/mol. The van der Waals surface area contributed by atoms with Gasteiger partial charge in [-0.15, -0.1) is 0 Å². The van der Waals surface area contributed by atoms with Gasteiger partial charge in [0.15, 0.2) is 21.3 Å². The van der Waals surface area contributed by atoms with E-state index in [1.54, 1.807) is 10.9 Å². The van der Waals surface area contributed by atoms with Crippen LogP contribution < -0.4 is 10.5 Å². The number of carbonyl (C=O) groups is 1. The predicted octanol–water partition coefficient (Wildman–Crippen LogP) is 4.14. The third-order valence-corrected chi connectivity index (χ3v) is 7.43. The Hall–Kier alpha value is -2.54. The van der Waals surface area contributed by atoms with Crippen LogP contribution >= 0.6 is 11.3 Å². The van der Waals surface area contributed by atoms with Crippen molar-refractivity contribution < 1.29 is 4.79 Å². The van der Waals surface area contributed by atoms with Crippen molar-refractivity contribution >= 4 is 32.6 Å². The van der Waals surface area contributed by atoms with Gasteiger partial charge in [0.25, 0.3) is 5.56 Å². The summed E-state index contributed by atoms with van der Waals surface area (Å²) in [6, 6.07) is 10.2. The molecular weight excluding hydrogens is 396 g/mol. The van der Waals surface area contributed by atoms with Crippen LogP contribution in [0.1, 0.15) is 56.6 Å².